The lowest BCUT2D eigenvalue weighted by molar-refractivity contribution is 0.102. The summed E-state index contributed by atoms with van der Waals surface area (Å²) in [7, 11) is -3.33. The van der Waals surface area contributed by atoms with Crippen LogP contribution in [0, 0.1) is 5.82 Å². The van der Waals surface area contributed by atoms with Gasteiger partial charge in [-0.15, -0.1) is 11.3 Å². The van der Waals surface area contributed by atoms with E-state index in [4.69, 9.17) is 0 Å². The van der Waals surface area contributed by atoms with Gasteiger partial charge in [0.25, 0.3) is 5.91 Å². The second-order valence-corrected chi connectivity index (χ2v) is 8.06. The molecule has 1 amide bonds. The Morgan fingerprint density at radius 3 is 2.54 bits per heavy atom. The quantitative estimate of drug-likeness (QED) is 0.696. The van der Waals surface area contributed by atoms with Gasteiger partial charge >= 0.3 is 0 Å². The molecule has 0 bridgehead atoms. The normalized spacial score (nSPS) is 11.2. The zero-order valence-corrected chi connectivity index (χ0v) is 15.2. The number of nitrogens with one attached hydrogen (secondary N) is 2. The molecule has 3 rings (SSSR count). The number of thiazole rings is 1. The zero-order valence-electron chi connectivity index (χ0n) is 13.6. The lowest BCUT2D eigenvalue weighted by atomic mass is 10.1. The van der Waals surface area contributed by atoms with Gasteiger partial charge in [-0.3, -0.25) is 14.8 Å². The molecule has 0 saturated carbocycles. The van der Waals surface area contributed by atoms with Gasteiger partial charge in [0, 0.05) is 22.2 Å². The monoisotopic (exact) mass is 391 g/mol. The first kappa shape index (κ1) is 18.0. The van der Waals surface area contributed by atoms with Crippen molar-refractivity contribution in [1.29, 1.82) is 0 Å². The fraction of sp³-hybridized carbons (Fsp3) is 0.0588. The third-order valence-corrected chi connectivity index (χ3v) is 4.66. The maximum Gasteiger partial charge on any atom is 0.257 e. The maximum atomic E-state index is 13.2. The number of carbonyl (C=O) groups is 1. The molecule has 0 saturated heterocycles. The molecule has 134 valence electrons. The van der Waals surface area contributed by atoms with Gasteiger partial charge in [0.1, 0.15) is 5.82 Å². The fourth-order valence-electron chi connectivity index (χ4n) is 2.19. The Kier molecular flexibility index (Phi) is 5.01. The van der Waals surface area contributed by atoms with Crippen LogP contribution in [0.25, 0.3) is 11.3 Å². The van der Waals surface area contributed by atoms with Crippen molar-refractivity contribution < 1.29 is 17.6 Å². The highest BCUT2D eigenvalue weighted by Crippen LogP contribution is 2.26. The van der Waals surface area contributed by atoms with E-state index in [1.807, 2.05) is 0 Å². The van der Waals surface area contributed by atoms with Crippen molar-refractivity contribution in [2.45, 2.75) is 0 Å². The van der Waals surface area contributed by atoms with E-state index in [0.29, 0.717) is 16.5 Å². The van der Waals surface area contributed by atoms with E-state index in [0.717, 1.165) is 17.9 Å². The Morgan fingerprint density at radius 1 is 1.15 bits per heavy atom. The third kappa shape index (κ3) is 4.64. The molecule has 1 aromatic heterocycles. The number of sulfonamides is 1. The van der Waals surface area contributed by atoms with Crippen LogP contribution in [0.3, 0.4) is 0 Å². The number of amides is 1. The Bertz CT molecular complexity index is 1050. The van der Waals surface area contributed by atoms with Crippen molar-refractivity contribution in [3.63, 3.8) is 0 Å². The average Bonchev–Trinajstić information content (AvgIpc) is 3.02. The molecule has 3 aromatic rings. The highest BCUT2D eigenvalue weighted by Gasteiger charge is 2.11. The van der Waals surface area contributed by atoms with Crippen LogP contribution in [-0.2, 0) is 10.0 Å². The summed E-state index contributed by atoms with van der Waals surface area (Å²) >= 11 is 1.24. The first-order valence-corrected chi connectivity index (χ1v) is 10.2. The van der Waals surface area contributed by atoms with Gasteiger partial charge in [-0.05, 0) is 30.3 Å². The van der Waals surface area contributed by atoms with E-state index in [-0.39, 0.29) is 5.56 Å². The number of anilines is 2. The van der Waals surface area contributed by atoms with Gasteiger partial charge in [0.05, 0.1) is 11.9 Å². The third-order valence-electron chi connectivity index (χ3n) is 3.30. The van der Waals surface area contributed by atoms with Crippen LogP contribution in [0.5, 0.6) is 0 Å². The van der Waals surface area contributed by atoms with Crippen molar-refractivity contribution in [2.24, 2.45) is 0 Å². The lowest BCUT2D eigenvalue weighted by Crippen LogP contribution is -2.11. The molecule has 0 spiro atoms. The minimum atomic E-state index is -3.33. The Labute approximate surface area is 153 Å². The van der Waals surface area contributed by atoms with E-state index >= 15 is 0 Å². The van der Waals surface area contributed by atoms with E-state index in [9.17, 15) is 17.6 Å². The number of hydrogen-bond donors (Lipinski definition) is 2. The molecule has 9 heteroatoms. The minimum absolute atomic E-state index is 0.206. The van der Waals surface area contributed by atoms with Crippen LogP contribution < -0.4 is 10.0 Å². The molecular weight excluding hydrogens is 377 g/mol. The summed E-state index contributed by atoms with van der Waals surface area (Å²) in [5, 5.41) is 4.77. The smallest absolute Gasteiger partial charge is 0.257 e. The molecule has 0 aliphatic heterocycles. The van der Waals surface area contributed by atoms with Crippen LogP contribution in [-0.4, -0.2) is 25.6 Å². The van der Waals surface area contributed by atoms with Gasteiger partial charge in [0.15, 0.2) is 5.13 Å². The van der Waals surface area contributed by atoms with E-state index in [1.54, 1.807) is 29.6 Å². The Morgan fingerprint density at radius 2 is 1.88 bits per heavy atom. The Hall–Kier alpha value is -2.78. The van der Waals surface area contributed by atoms with Gasteiger partial charge in [-0.25, -0.2) is 17.8 Å². The predicted octanol–water partition coefficient (Wildman–Crippen LogP) is 3.57. The minimum Gasteiger partial charge on any atom is -0.298 e. The van der Waals surface area contributed by atoms with Gasteiger partial charge < -0.3 is 0 Å². The summed E-state index contributed by atoms with van der Waals surface area (Å²) in [6.45, 7) is 0. The highest BCUT2D eigenvalue weighted by atomic mass is 32.2. The standard InChI is InChI=1S/C17H14FN3O3S2/c1-26(23,24)21-14-7-5-11(6-8-14)15-10-25-17(19-15)20-16(22)12-3-2-4-13(18)9-12/h2-10,21H,1H3,(H,19,20,22). The van der Waals surface area contributed by atoms with Crippen molar-refractivity contribution in [3.05, 3.63) is 65.3 Å². The zero-order chi connectivity index (χ0) is 18.7. The second-order valence-electron chi connectivity index (χ2n) is 5.45. The van der Waals surface area contributed by atoms with E-state index < -0.39 is 21.7 Å². The molecule has 0 aliphatic carbocycles. The van der Waals surface area contributed by atoms with Crippen molar-refractivity contribution in [1.82, 2.24) is 4.98 Å². The summed E-state index contributed by atoms with van der Waals surface area (Å²) < 4.78 is 38.0. The van der Waals surface area contributed by atoms with E-state index in [2.05, 4.69) is 15.0 Å². The summed E-state index contributed by atoms with van der Waals surface area (Å²) in [6.07, 6.45) is 1.08. The molecule has 0 unspecified atom stereocenters. The summed E-state index contributed by atoms with van der Waals surface area (Å²) in [6, 6.07) is 12.1. The van der Waals surface area contributed by atoms with Gasteiger partial charge in [-0.1, -0.05) is 18.2 Å². The van der Waals surface area contributed by atoms with Crippen LogP contribution in [0.4, 0.5) is 15.2 Å². The molecule has 0 atom stereocenters. The Balaban J connectivity index is 1.72. The molecule has 2 N–H and O–H groups in total. The van der Waals surface area contributed by atoms with Gasteiger partial charge in [-0.2, -0.15) is 0 Å². The topological polar surface area (TPSA) is 88.2 Å². The largest absolute Gasteiger partial charge is 0.298 e. The highest BCUT2D eigenvalue weighted by molar-refractivity contribution is 7.92. The molecule has 26 heavy (non-hydrogen) atoms. The van der Waals surface area contributed by atoms with Gasteiger partial charge in [0.2, 0.25) is 10.0 Å². The molecule has 2 aromatic carbocycles. The number of benzene rings is 2. The number of carbonyl (C=O) groups excluding carboxylic acids is 1. The first-order valence-electron chi connectivity index (χ1n) is 7.41. The molecule has 6 nitrogen and oxygen atoms in total. The summed E-state index contributed by atoms with van der Waals surface area (Å²) in [5.74, 6) is -0.932. The van der Waals surface area contributed by atoms with Crippen molar-refractivity contribution in [2.75, 3.05) is 16.3 Å². The number of rotatable bonds is 5. The van der Waals surface area contributed by atoms with Crippen LogP contribution in [0.15, 0.2) is 53.9 Å². The molecule has 1 heterocycles. The predicted molar refractivity (Wildman–Crippen MR) is 100 cm³/mol. The van der Waals surface area contributed by atoms with Crippen LogP contribution in [0.2, 0.25) is 0 Å². The van der Waals surface area contributed by atoms with Crippen molar-refractivity contribution in [3.8, 4) is 11.3 Å². The molecule has 0 fully saturated rings. The van der Waals surface area contributed by atoms with Crippen LogP contribution in [0.1, 0.15) is 10.4 Å². The second kappa shape index (κ2) is 7.22. The molecular formula is C17H14FN3O3S2. The lowest BCUT2D eigenvalue weighted by Gasteiger charge is -2.04. The number of aromatic nitrogens is 1. The van der Waals surface area contributed by atoms with Crippen LogP contribution >= 0.6 is 11.3 Å². The van der Waals surface area contributed by atoms with Crippen molar-refractivity contribution >= 4 is 38.1 Å². The molecule has 0 radical (unpaired) electrons. The number of halogens is 1. The average molecular weight is 391 g/mol. The molecule has 0 aliphatic rings. The van der Waals surface area contributed by atoms with E-state index in [1.165, 1.54) is 29.5 Å². The first-order chi connectivity index (χ1) is 12.3. The fourth-order valence-corrected chi connectivity index (χ4v) is 3.46. The SMILES string of the molecule is CS(=O)(=O)Nc1ccc(-c2csc(NC(=O)c3cccc(F)c3)n2)cc1. The summed E-state index contributed by atoms with van der Waals surface area (Å²) in [5.41, 5.74) is 2.06. The number of hydrogen-bond acceptors (Lipinski definition) is 5. The maximum absolute atomic E-state index is 13.2. The number of nitrogens with zero attached hydrogens (tertiary/aromatic N) is 1. The summed E-state index contributed by atoms with van der Waals surface area (Å²) in [4.78, 5) is 16.4.